The van der Waals surface area contributed by atoms with Crippen LogP contribution in [0.3, 0.4) is 0 Å². The Morgan fingerprint density at radius 3 is 2.41 bits per heavy atom. The van der Waals surface area contributed by atoms with E-state index in [0.717, 1.165) is 28.9 Å². The average molecular weight is 538 g/mol. The number of rotatable bonds is 8. The minimum Gasteiger partial charge on any atom is -0.497 e. The van der Waals surface area contributed by atoms with Gasteiger partial charge in [-0.1, -0.05) is 61.0 Å². The van der Waals surface area contributed by atoms with Crippen molar-refractivity contribution in [2.45, 2.75) is 26.3 Å². The molecule has 0 aliphatic rings. The first-order valence-corrected chi connectivity index (χ1v) is 13.2. The van der Waals surface area contributed by atoms with Crippen molar-refractivity contribution in [3.63, 3.8) is 0 Å². The van der Waals surface area contributed by atoms with Crippen molar-refractivity contribution in [1.82, 2.24) is 9.55 Å². The molecular formula is C32H28ClN3O3. The Morgan fingerprint density at radius 1 is 0.974 bits per heavy atom. The van der Waals surface area contributed by atoms with Gasteiger partial charge in [0, 0.05) is 28.3 Å². The molecule has 0 unspecified atom stereocenters. The number of fused-ring (bicyclic) bond motifs is 1. The molecule has 1 amide bonds. The predicted octanol–water partition coefficient (Wildman–Crippen LogP) is 6.98. The van der Waals surface area contributed by atoms with E-state index in [2.05, 4.69) is 12.2 Å². The molecule has 1 heterocycles. The second kappa shape index (κ2) is 11.5. The van der Waals surface area contributed by atoms with E-state index < -0.39 is 0 Å². The molecule has 196 valence electrons. The topological polar surface area (TPSA) is 73.2 Å². The molecule has 39 heavy (non-hydrogen) atoms. The number of methoxy groups -OCH3 is 1. The third kappa shape index (κ3) is 5.71. The maximum Gasteiger partial charge on any atom is 0.261 e. The number of amides is 1. The number of anilines is 1. The van der Waals surface area contributed by atoms with Gasteiger partial charge in [-0.2, -0.15) is 0 Å². The second-order valence-corrected chi connectivity index (χ2v) is 9.67. The van der Waals surface area contributed by atoms with Crippen LogP contribution in [0.25, 0.3) is 22.0 Å². The van der Waals surface area contributed by atoms with Crippen molar-refractivity contribution in [2.24, 2.45) is 0 Å². The van der Waals surface area contributed by atoms with Gasteiger partial charge in [-0.05, 0) is 66.1 Å². The minimum absolute atomic E-state index is 0.140. The SMILES string of the molecule is CCCc1nc2ccc(NC(=O)c3ccc(OC)cc3)cc2c(=O)n1Cc1ccc(-c2ccccc2Cl)cc1. The molecule has 0 atom stereocenters. The zero-order valence-corrected chi connectivity index (χ0v) is 22.5. The number of hydrogen-bond donors (Lipinski definition) is 1. The summed E-state index contributed by atoms with van der Waals surface area (Å²) in [6, 6.07) is 27.9. The van der Waals surface area contributed by atoms with E-state index >= 15 is 0 Å². The number of carbonyl (C=O) groups is 1. The number of aromatic nitrogens is 2. The molecule has 6 nitrogen and oxygen atoms in total. The van der Waals surface area contributed by atoms with Gasteiger partial charge in [0.25, 0.3) is 11.5 Å². The lowest BCUT2D eigenvalue weighted by Crippen LogP contribution is -2.26. The Hall–Kier alpha value is -4.42. The summed E-state index contributed by atoms with van der Waals surface area (Å²) in [7, 11) is 1.58. The van der Waals surface area contributed by atoms with Crippen molar-refractivity contribution in [1.29, 1.82) is 0 Å². The van der Waals surface area contributed by atoms with Gasteiger partial charge in [0.1, 0.15) is 11.6 Å². The summed E-state index contributed by atoms with van der Waals surface area (Å²) in [5.74, 6) is 1.14. The maximum atomic E-state index is 13.7. The van der Waals surface area contributed by atoms with Gasteiger partial charge in [-0.25, -0.2) is 4.98 Å². The monoisotopic (exact) mass is 537 g/mol. The largest absolute Gasteiger partial charge is 0.497 e. The van der Waals surface area contributed by atoms with Gasteiger partial charge in [-0.3, -0.25) is 14.2 Å². The molecule has 0 aliphatic heterocycles. The highest BCUT2D eigenvalue weighted by Gasteiger charge is 2.14. The van der Waals surface area contributed by atoms with Crippen LogP contribution < -0.4 is 15.6 Å². The zero-order chi connectivity index (χ0) is 27.4. The first kappa shape index (κ1) is 26.2. The Labute approximate surface area is 231 Å². The van der Waals surface area contributed by atoms with E-state index in [4.69, 9.17) is 21.3 Å². The van der Waals surface area contributed by atoms with Gasteiger partial charge in [0.05, 0.1) is 24.6 Å². The molecule has 1 N–H and O–H groups in total. The molecule has 4 aromatic carbocycles. The quantitative estimate of drug-likeness (QED) is 0.232. The van der Waals surface area contributed by atoms with Crippen LogP contribution >= 0.6 is 11.6 Å². The van der Waals surface area contributed by atoms with Crippen molar-refractivity contribution in [2.75, 3.05) is 12.4 Å². The van der Waals surface area contributed by atoms with Crippen LogP contribution in [0.5, 0.6) is 5.75 Å². The molecule has 0 radical (unpaired) electrons. The predicted molar refractivity (Wildman–Crippen MR) is 157 cm³/mol. The van der Waals surface area contributed by atoms with Crippen LogP contribution in [-0.4, -0.2) is 22.6 Å². The van der Waals surface area contributed by atoms with Crippen LogP contribution in [0.2, 0.25) is 5.02 Å². The molecule has 0 spiro atoms. The van der Waals surface area contributed by atoms with Crippen LogP contribution in [0.15, 0.2) is 95.8 Å². The summed E-state index contributed by atoms with van der Waals surface area (Å²) >= 11 is 6.37. The fourth-order valence-corrected chi connectivity index (χ4v) is 4.78. The van der Waals surface area contributed by atoms with Crippen molar-refractivity contribution in [3.05, 3.63) is 123 Å². The molecular weight excluding hydrogens is 510 g/mol. The van der Waals surface area contributed by atoms with E-state index in [9.17, 15) is 9.59 Å². The summed E-state index contributed by atoms with van der Waals surface area (Å²) in [6.45, 7) is 2.46. The third-order valence-corrected chi connectivity index (χ3v) is 6.93. The molecule has 0 aliphatic carbocycles. The molecule has 0 saturated carbocycles. The van der Waals surface area contributed by atoms with E-state index in [0.29, 0.717) is 45.9 Å². The van der Waals surface area contributed by atoms with Crippen LogP contribution in [0.1, 0.15) is 35.1 Å². The average Bonchev–Trinajstić information content (AvgIpc) is 2.96. The minimum atomic E-state index is -0.272. The fourth-order valence-electron chi connectivity index (χ4n) is 4.54. The van der Waals surface area contributed by atoms with Crippen LogP contribution in [0.4, 0.5) is 5.69 Å². The summed E-state index contributed by atoms with van der Waals surface area (Å²) in [5.41, 5.74) is 4.45. The van der Waals surface area contributed by atoms with Gasteiger partial charge in [0.2, 0.25) is 0 Å². The lowest BCUT2D eigenvalue weighted by atomic mass is 10.0. The number of hydrogen-bond acceptors (Lipinski definition) is 4. The summed E-state index contributed by atoms with van der Waals surface area (Å²) in [6.07, 6.45) is 1.54. The van der Waals surface area contributed by atoms with E-state index in [1.807, 2.05) is 48.5 Å². The van der Waals surface area contributed by atoms with Crippen molar-refractivity contribution < 1.29 is 9.53 Å². The van der Waals surface area contributed by atoms with Gasteiger partial charge >= 0.3 is 0 Å². The standard InChI is InChI=1S/C32H28ClN3O3/c1-3-6-30-35-29-18-15-24(34-31(37)23-13-16-25(39-2)17-14-23)19-27(29)32(38)36(30)20-21-9-11-22(12-10-21)26-7-4-5-8-28(26)33/h4-5,7-19H,3,6,20H2,1-2H3,(H,34,37). The number of nitrogens with one attached hydrogen (secondary N) is 1. The molecule has 5 aromatic rings. The van der Waals surface area contributed by atoms with Crippen LogP contribution in [0, 0.1) is 0 Å². The van der Waals surface area contributed by atoms with Gasteiger partial charge in [-0.15, -0.1) is 0 Å². The molecule has 5 rings (SSSR count). The number of aryl methyl sites for hydroxylation is 1. The molecule has 7 heteroatoms. The van der Waals surface area contributed by atoms with E-state index in [1.54, 1.807) is 54.1 Å². The Kier molecular flexibility index (Phi) is 7.75. The molecule has 0 fully saturated rings. The number of ether oxygens (including phenoxy) is 1. The maximum absolute atomic E-state index is 13.7. The van der Waals surface area contributed by atoms with Crippen molar-refractivity contribution >= 4 is 34.1 Å². The fraction of sp³-hybridized carbons (Fsp3) is 0.156. The summed E-state index contributed by atoms with van der Waals surface area (Å²) in [4.78, 5) is 31.3. The van der Waals surface area contributed by atoms with Crippen molar-refractivity contribution in [3.8, 4) is 16.9 Å². The molecule has 0 saturated heterocycles. The van der Waals surface area contributed by atoms with Gasteiger partial charge in [0.15, 0.2) is 0 Å². The number of halogens is 1. The molecule has 1 aromatic heterocycles. The first-order chi connectivity index (χ1) is 19.0. The lowest BCUT2D eigenvalue weighted by molar-refractivity contribution is 0.102. The second-order valence-electron chi connectivity index (χ2n) is 9.26. The smallest absolute Gasteiger partial charge is 0.261 e. The van der Waals surface area contributed by atoms with Crippen LogP contribution in [-0.2, 0) is 13.0 Å². The lowest BCUT2D eigenvalue weighted by Gasteiger charge is -2.15. The zero-order valence-electron chi connectivity index (χ0n) is 21.8. The highest BCUT2D eigenvalue weighted by atomic mass is 35.5. The normalized spacial score (nSPS) is 10.9. The summed E-state index contributed by atoms with van der Waals surface area (Å²) < 4.78 is 6.89. The Balaban J connectivity index is 1.45. The van der Waals surface area contributed by atoms with Gasteiger partial charge < -0.3 is 10.1 Å². The van der Waals surface area contributed by atoms with E-state index in [-0.39, 0.29) is 11.5 Å². The summed E-state index contributed by atoms with van der Waals surface area (Å²) in [5, 5.41) is 4.03. The first-order valence-electron chi connectivity index (χ1n) is 12.8. The number of benzene rings is 4. The highest BCUT2D eigenvalue weighted by Crippen LogP contribution is 2.28. The third-order valence-electron chi connectivity index (χ3n) is 6.60. The van der Waals surface area contributed by atoms with E-state index in [1.165, 1.54) is 0 Å². The number of carbonyl (C=O) groups excluding carboxylic acids is 1. The molecule has 0 bridgehead atoms. The highest BCUT2D eigenvalue weighted by molar-refractivity contribution is 6.33. The Bertz CT molecular complexity index is 1690. The Morgan fingerprint density at radius 2 is 1.72 bits per heavy atom. The number of nitrogens with zero attached hydrogens (tertiary/aromatic N) is 2.